The van der Waals surface area contributed by atoms with E-state index in [2.05, 4.69) is 30.9 Å². The van der Waals surface area contributed by atoms with Crippen molar-refractivity contribution in [2.24, 2.45) is 0 Å². The lowest BCUT2D eigenvalue weighted by Gasteiger charge is -2.33. The smallest absolute Gasteiger partial charge is 0.0761 e. The second-order valence-corrected chi connectivity index (χ2v) is 5.34. The van der Waals surface area contributed by atoms with Crippen LogP contribution in [0.15, 0.2) is 24.3 Å². The van der Waals surface area contributed by atoms with E-state index in [9.17, 15) is 5.11 Å². The van der Waals surface area contributed by atoms with Crippen molar-refractivity contribution in [3.05, 3.63) is 29.8 Å². The summed E-state index contributed by atoms with van der Waals surface area (Å²) < 4.78 is 0. The molecule has 1 aromatic rings. The molecule has 0 unspecified atom stereocenters. The summed E-state index contributed by atoms with van der Waals surface area (Å²) in [6, 6.07) is 8.28. The fourth-order valence-electron chi connectivity index (χ4n) is 2.52. The Morgan fingerprint density at radius 3 is 2.31 bits per heavy atom. The first-order chi connectivity index (χ1) is 7.50. The molecule has 0 bridgehead atoms. The summed E-state index contributed by atoms with van der Waals surface area (Å²) in [6.07, 6.45) is 2.15. The van der Waals surface area contributed by atoms with Crippen molar-refractivity contribution < 1.29 is 5.11 Å². The topological polar surface area (TPSA) is 23.5 Å². The molecule has 0 amide bonds. The summed E-state index contributed by atoms with van der Waals surface area (Å²) in [6.45, 7) is 7.53. The van der Waals surface area contributed by atoms with E-state index in [1.54, 1.807) is 6.92 Å². The number of anilines is 1. The van der Waals surface area contributed by atoms with E-state index in [-0.39, 0.29) is 11.6 Å². The maximum Gasteiger partial charge on any atom is 0.0761 e. The van der Waals surface area contributed by atoms with Crippen LogP contribution in [0.5, 0.6) is 0 Å². The van der Waals surface area contributed by atoms with E-state index in [0.29, 0.717) is 0 Å². The van der Waals surface area contributed by atoms with Crippen LogP contribution in [0.4, 0.5) is 5.69 Å². The maximum absolute atomic E-state index is 9.47. The predicted octanol–water partition coefficient (Wildman–Crippen LogP) is 3.12. The number of nitrogens with zero attached hydrogens (tertiary/aromatic N) is 1. The molecule has 1 aliphatic heterocycles. The van der Waals surface area contributed by atoms with Crippen LogP contribution in [-0.2, 0) is 0 Å². The van der Waals surface area contributed by atoms with Crippen molar-refractivity contribution in [2.75, 3.05) is 11.4 Å². The number of hydrogen-bond acceptors (Lipinski definition) is 2. The lowest BCUT2D eigenvalue weighted by molar-refractivity contribution is 0.199. The summed E-state index contributed by atoms with van der Waals surface area (Å²) in [4.78, 5) is 2.46. The van der Waals surface area contributed by atoms with Gasteiger partial charge in [-0.25, -0.2) is 0 Å². The Morgan fingerprint density at radius 2 is 1.88 bits per heavy atom. The molecule has 0 aromatic heterocycles. The van der Waals surface area contributed by atoms with Gasteiger partial charge in [-0.15, -0.1) is 0 Å². The molecule has 1 N–H and O–H groups in total. The van der Waals surface area contributed by atoms with Crippen LogP contribution < -0.4 is 4.90 Å². The molecular formula is C14H21NO. The Kier molecular flexibility index (Phi) is 2.94. The number of hydrogen-bond donors (Lipinski definition) is 1. The third-order valence-electron chi connectivity index (χ3n) is 3.59. The van der Waals surface area contributed by atoms with Gasteiger partial charge in [0, 0.05) is 17.8 Å². The van der Waals surface area contributed by atoms with Crippen molar-refractivity contribution in [1.82, 2.24) is 0 Å². The summed E-state index contributed by atoms with van der Waals surface area (Å²) >= 11 is 0. The van der Waals surface area contributed by atoms with Crippen molar-refractivity contribution in [3.8, 4) is 0 Å². The van der Waals surface area contributed by atoms with Crippen LogP contribution in [0.3, 0.4) is 0 Å². The quantitative estimate of drug-likeness (QED) is 0.826. The van der Waals surface area contributed by atoms with E-state index < -0.39 is 0 Å². The molecular weight excluding hydrogens is 198 g/mol. The average molecular weight is 219 g/mol. The monoisotopic (exact) mass is 219 g/mol. The Hall–Kier alpha value is -1.02. The molecule has 1 atom stereocenters. The van der Waals surface area contributed by atoms with Crippen LogP contribution in [-0.4, -0.2) is 17.2 Å². The van der Waals surface area contributed by atoms with Crippen LogP contribution in [0.1, 0.15) is 45.3 Å². The zero-order valence-electron chi connectivity index (χ0n) is 10.4. The Balaban J connectivity index is 2.22. The minimum absolute atomic E-state index is 0.270. The van der Waals surface area contributed by atoms with Crippen LogP contribution in [0.2, 0.25) is 0 Å². The van der Waals surface area contributed by atoms with Crippen molar-refractivity contribution in [2.45, 2.75) is 45.3 Å². The van der Waals surface area contributed by atoms with Gasteiger partial charge in [-0.2, -0.15) is 0 Å². The molecule has 16 heavy (non-hydrogen) atoms. The van der Waals surface area contributed by atoms with Gasteiger partial charge in [0.25, 0.3) is 0 Å². The fraction of sp³-hybridized carbons (Fsp3) is 0.571. The predicted molar refractivity (Wildman–Crippen MR) is 67.7 cm³/mol. The number of rotatable bonds is 2. The normalized spacial score (nSPS) is 21.1. The van der Waals surface area contributed by atoms with Crippen molar-refractivity contribution >= 4 is 5.69 Å². The molecule has 0 aliphatic carbocycles. The minimum atomic E-state index is -0.374. The number of benzene rings is 1. The van der Waals surface area contributed by atoms with E-state index in [4.69, 9.17) is 0 Å². The molecule has 1 saturated heterocycles. The standard InChI is InChI=1S/C14H21NO/c1-11(16)12-5-7-13(8-6-12)15-10-4-9-14(15,2)3/h5-8,11,16H,4,9-10H2,1-3H3/t11-/m0/s1. The molecule has 88 valence electrons. The summed E-state index contributed by atoms with van der Waals surface area (Å²) in [5, 5.41) is 9.47. The summed E-state index contributed by atoms with van der Waals surface area (Å²) in [7, 11) is 0. The molecule has 2 heteroatoms. The highest BCUT2D eigenvalue weighted by atomic mass is 16.3. The van der Waals surface area contributed by atoms with Crippen LogP contribution in [0, 0.1) is 0 Å². The molecule has 1 aliphatic rings. The van der Waals surface area contributed by atoms with E-state index in [1.165, 1.54) is 18.5 Å². The minimum Gasteiger partial charge on any atom is -0.389 e. The third-order valence-corrected chi connectivity index (χ3v) is 3.59. The van der Waals surface area contributed by atoms with E-state index >= 15 is 0 Å². The van der Waals surface area contributed by atoms with Gasteiger partial charge in [0.05, 0.1) is 6.10 Å². The van der Waals surface area contributed by atoms with E-state index in [0.717, 1.165) is 12.1 Å². The number of aliphatic hydroxyl groups excluding tert-OH is 1. The van der Waals surface area contributed by atoms with Crippen molar-refractivity contribution in [3.63, 3.8) is 0 Å². The number of aliphatic hydroxyl groups is 1. The van der Waals surface area contributed by atoms with Crippen LogP contribution >= 0.6 is 0 Å². The van der Waals surface area contributed by atoms with Gasteiger partial charge >= 0.3 is 0 Å². The van der Waals surface area contributed by atoms with Gasteiger partial charge in [0.15, 0.2) is 0 Å². The second-order valence-electron chi connectivity index (χ2n) is 5.34. The third kappa shape index (κ3) is 2.07. The molecule has 1 fully saturated rings. The molecule has 1 aromatic carbocycles. The maximum atomic E-state index is 9.47. The summed E-state index contributed by atoms with van der Waals surface area (Å²) in [5.41, 5.74) is 2.53. The first kappa shape index (κ1) is 11.5. The van der Waals surface area contributed by atoms with Gasteiger partial charge in [0.1, 0.15) is 0 Å². The molecule has 1 heterocycles. The largest absolute Gasteiger partial charge is 0.389 e. The SMILES string of the molecule is C[C@H](O)c1ccc(N2CCCC2(C)C)cc1. The highest BCUT2D eigenvalue weighted by Gasteiger charge is 2.31. The van der Waals surface area contributed by atoms with Gasteiger partial charge in [-0.3, -0.25) is 0 Å². The van der Waals surface area contributed by atoms with Gasteiger partial charge in [-0.1, -0.05) is 12.1 Å². The molecule has 2 rings (SSSR count). The molecule has 0 saturated carbocycles. The van der Waals surface area contributed by atoms with Gasteiger partial charge < -0.3 is 10.0 Å². The van der Waals surface area contributed by atoms with Crippen LogP contribution in [0.25, 0.3) is 0 Å². The highest BCUT2D eigenvalue weighted by Crippen LogP contribution is 2.33. The lowest BCUT2D eigenvalue weighted by Crippen LogP contribution is -2.38. The Morgan fingerprint density at radius 1 is 1.25 bits per heavy atom. The zero-order valence-corrected chi connectivity index (χ0v) is 10.4. The van der Waals surface area contributed by atoms with Gasteiger partial charge in [0.2, 0.25) is 0 Å². The Bertz CT molecular complexity index is 354. The fourth-order valence-corrected chi connectivity index (χ4v) is 2.52. The van der Waals surface area contributed by atoms with Gasteiger partial charge in [-0.05, 0) is 51.3 Å². The molecule has 2 nitrogen and oxygen atoms in total. The first-order valence-electron chi connectivity index (χ1n) is 6.06. The van der Waals surface area contributed by atoms with E-state index in [1.807, 2.05) is 12.1 Å². The average Bonchev–Trinajstić information content (AvgIpc) is 2.58. The summed E-state index contributed by atoms with van der Waals surface area (Å²) in [5.74, 6) is 0. The second kappa shape index (κ2) is 4.10. The molecule has 0 spiro atoms. The Labute approximate surface area is 97.9 Å². The first-order valence-corrected chi connectivity index (χ1v) is 6.06. The molecule has 0 radical (unpaired) electrons. The lowest BCUT2D eigenvalue weighted by atomic mass is 10.0. The highest BCUT2D eigenvalue weighted by molar-refractivity contribution is 5.51. The zero-order chi connectivity index (χ0) is 11.8. The van der Waals surface area contributed by atoms with Crippen molar-refractivity contribution in [1.29, 1.82) is 0 Å².